The van der Waals surface area contributed by atoms with E-state index >= 15 is 0 Å². The fraction of sp³-hybridized carbons (Fsp3) is 0.333. The molecule has 0 aliphatic heterocycles. The average Bonchev–Trinajstić information content (AvgIpc) is 2.31. The van der Waals surface area contributed by atoms with E-state index in [1.54, 1.807) is 0 Å². The summed E-state index contributed by atoms with van der Waals surface area (Å²) in [5, 5.41) is 9.00. The molecule has 98 valence electrons. The van der Waals surface area contributed by atoms with Gasteiger partial charge in [-0.15, -0.1) is 0 Å². The molecule has 0 saturated carbocycles. The third-order valence-electron chi connectivity index (χ3n) is 2.47. The van der Waals surface area contributed by atoms with Crippen molar-refractivity contribution in [3.05, 3.63) is 34.6 Å². The number of carboxylic acids is 1. The van der Waals surface area contributed by atoms with Gasteiger partial charge in [-0.2, -0.15) is 0 Å². The maximum atomic E-state index is 13.5. The largest absolute Gasteiger partial charge is 0.481 e. The molecule has 1 amide bonds. The highest BCUT2D eigenvalue weighted by Gasteiger charge is 2.20. The lowest BCUT2D eigenvalue weighted by Crippen LogP contribution is -2.34. The summed E-state index contributed by atoms with van der Waals surface area (Å²) in [6.07, 6.45) is 0. The van der Waals surface area contributed by atoms with Crippen molar-refractivity contribution in [2.75, 3.05) is 13.6 Å². The molecule has 6 heteroatoms. The van der Waals surface area contributed by atoms with E-state index in [-0.39, 0.29) is 17.1 Å². The molecule has 1 unspecified atom stereocenters. The number of amides is 1. The molecule has 1 rings (SSSR count). The van der Waals surface area contributed by atoms with E-state index in [9.17, 15) is 14.0 Å². The van der Waals surface area contributed by atoms with Crippen molar-refractivity contribution in [1.82, 2.24) is 4.90 Å². The predicted molar refractivity (Wildman–Crippen MR) is 65.2 cm³/mol. The number of carbonyl (C=O) groups is 2. The van der Waals surface area contributed by atoms with Gasteiger partial charge in [-0.05, 0) is 18.2 Å². The number of rotatable bonds is 4. The fourth-order valence-electron chi connectivity index (χ4n) is 1.44. The Balaban J connectivity index is 2.86. The second-order valence-electron chi connectivity index (χ2n) is 4.05. The number of hydrogen-bond donors (Lipinski definition) is 1. The summed E-state index contributed by atoms with van der Waals surface area (Å²) in [5.74, 6) is -3.01. The van der Waals surface area contributed by atoms with Gasteiger partial charge in [-0.3, -0.25) is 9.59 Å². The van der Waals surface area contributed by atoms with E-state index in [0.717, 1.165) is 11.0 Å². The lowest BCUT2D eigenvalue weighted by molar-refractivity contribution is -0.141. The van der Waals surface area contributed by atoms with E-state index in [4.69, 9.17) is 16.7 Å². The van der Waals surface area contributed by atoms with Crippen molar-refractivity contribution in [1.29, 1.82) is 0 Å². The van der Waals surface area contributed by atoms with Crippen molar-refractivity contribution >= 4 is 23.5 Å². The standard InChI is InChI=1S/C12H13ClFNO3/c1-7(12(17)18)6-15(2)11(16)9-5-8(13)3-4-10(9)14/h3-5,7H,6H2,1-2H3,(H,17,18). The van der Waals surface area contributed by atoms with E-state index in [1.165, 1.54) is 26.1 Å². The van der Waals surface area contributed by atoms with E-state index in [2.05, 4.69) is 0 Å². The minimum absolute atomic E-state index is 0.000119. The van der Waals surface area contributed by atoms with Crippen molar-refractivity contribution in [2.24, 2.45) is 5.92 Å². The van der Waals surface area contributed by atoms with Gasteiger partial charge >= 0.3 is 5.97 Å². The van der Waals surface area contributed by atoms with Crippen LogP contribution in [0.4, 0.5) is 4.39 Å². The minimum atomic E-state index is -1.01. The normalized spacial score (nSPS) is 12.0. The number of aliphatic carboxylic acids is 1. The van der Waals surface area contributed by atoms with E-state index < -0.39 is 23.6 Å². The zero-order valence-corrected chi connectivity index (χ0v) is 10.7. The zero-order chi connectivity index (χ0) is 13.9. The fourth-order valence-corrected chi connectivity index (χ4v) is 1.61. The first-order valence-electron chi connectivity index (χ1n) is 5.26. The quantitative estimate of drug-likeness (QED) is 0.915. The summed E-state index contributed by atoms with van der Waals surface area (Å²) in [4.78, 5) is 23.8. The van der Waals surface area contributed by atoms with Crippen molar-refractivity contribution in [3.63, 3.8) is 0 Å². The van der Waals surface area contributed by atoms with Gasteiger partial charge in [0.1, 0.15) is 5.82 Å². The highest BCUT2D eigenvalue weighted by atomic mass is 35.5. The summed E-state index contributed by atoms with van der Waals surface area (Å²) < 4.78 is 13.5. The Hall–Kier alpha value is -1.62. The van der Waals surface area contributed by atoms with Gasteiger partial charge in [0.25, 0.3) is 5.91 Å². The number of nitrogens with zero attached hydrogens (tertiary/aromatic N) is 1. The Bertz CT molecular complexity index is 478. The molecule has 0 radical (unpaired) electrons. The molecule has 1 aromatic carbocycles. The molecule has 4 nitrogen and oxygen atoms in total. The van der Waals surface area contributed by atoms with Crippen LogP contribution in [0.5, 0.6) is 0 Å². The van der Waals surface area contributed by atoms with Gasteiger partial charge in [0.2, 0.25) is 0 Å². The molecule has 0 aromatic heterocycles. The van der Waals surface area contributed by atoms with Crippen molar-refractivity contribution in [2.45, 2.75) is 6.92 Å². The van der Waals surface area contributed by atoms with Crippen LogP contribution in [-0.4, -0.2) is 35.5 Å². The molecular formula is C12H13ClFNO3. The average molecular weight is 274 g/mol. The number of carboxylic acid groups (broad SMARTS) is 1. The van der Waals surface area contributed by atoms with Gasteiger partial charge in [0.05, 0.1) is 11.5 Å². The third-order valence-corrected chi connectivity index (χ3v) is 2.71. The summed E-state index contributed by atoms with van der Waals surface area (Å²) >= 11 is 5.69. The maximum absolute atomic E-state index is 13.5. The first kappa shape index (κ1) is 14.4. The maximum Gasteiger partial charge on any atom is 0.308 e. The highest BCUT2D eigenvalue weighted by Crippen LogP contribution is 2.16. The van der Waals surface area contributed by atoms with Crippen LogP contribution in [0.15, 0.2) is 18.2 Å². The lowest BCUT2D eigenvalue weighted by atomic mass is 10.1. The molecule has 0 bridgehead atoms. The molecule has 0 aliphatic rings. The Morgan fingerprint density at radius 3 is 2.67 bits per heavy atom. The van der Waals surface area contributed by atoms with E-state index in [1.807, 2.05) is 0 Å². The van der Waals surface area contributed by atoms with Crippen LogP contribution in [0.1, 0.15) is 17.3 Å². The second-order valence-corrected chi connectivity index (χ2v) is 4.49. The van der Waals surface area contributed by atoms with Crippen LogP contribution < -0.4 is 0 Å². The van der Waals surface area contributed by atoms with Crippen LogP contribution >= 0.6 is 11.6 Å². The summed E-state index contributed by atoms with van der Waals surface area (Å²) in [6, 6.07) is 3.67. The predicted octanol–water partition coefficient (Wildman–Crippen LogP) is 2.27. The molecule has 1 N–H and O–H groups in total. The highest BCUT2D eigenvalue weighted by molar-refractivity contribution is 6.31. The number of halogens is 2. The summed E-state index contributed by atoms with van der Waals surface area (Å²) in [6.45, 7) is 1.47. The zero-order valence-electron chi connectivity index (χ0n) is 9.98. The Kier molecular flexibility index (Phi) is 4.67. The first-order valence-corrected chi connectivity index (χ1v) is 5.64. The number of benzene rings is 1. The minimum Gasteiger partial charge on any atom is -0.481 e. The Labute approximate surface area is 109 Å². The third kappa shape index (κ3) is 3.43. The van der Waals surface area contributed by atoms with E-state index in [0.29, 0.717) is 0 Å². The Morgan fingerprint density at radius 2 is 2.11 bits per heavy atom. The van der Waals surface area contributed by atoms with Crippen molar-refractivity contribution in [3.8, 4) is 0 Å². The molecule has 0 saturated heterocycles. The van der Waals surface area contributed by atoms with Crippen LogP contribution in [0.2, 0.25) is 5.02 Å². The topological polar surface area (TPSA) is 57.6 Å². The molecule has 0 heterocycles. The van der Waals surface area contributed by atoms with Gasteiger partial charge in [0, 0.05) is 18.6 Å². The molecule has 1 aromatic rings. The van der Waals surface area contributed by atoms with Gasteiger partial charge < -0.3 is 10.0 Å². The molecule has 0 fully saturated rings. The monoisotopic (exact) mass is 273 g/mol. The smallest absolute Gasteiger partial charge is 0.308 e. The van der Waals surface area contributed by atoms with Gasteiger partial charge in [-0.25, -0.2) is 4.39 Å². The number of hydrogen-bond acceptors (Lipinski definition) is 2. The van der Waals surface area contributed by atoms with Crippen LogP contribution in [0.3, 0.4) is 0 Å². The molecule has 0 spiro atoms. The lowest BCUT2D eigenvalue weighted by Gasteiger charge is -2.19. The molecule has 0 aliphatic carbocycles. The van der Waals surface area contributed by atoms with Crippen LogP contribution in [0.25, 0.3) is 0 Å². The van der Waals surface area contributed by atoms with Crippen LogP contribution in [0, 0.1) is 11.7 Å². The molecule has 18 heavy (non-hydrogen) atoms. The van der Waals surface area contributed by atoms with Gasteiger partial charge in [-0.1, -0.05) is 18.5 Å². The van der Waals surface area contributed by atoms with Gasteiger partial charge in [0.15, 0.2) is 0 Å². The number of carbonyl (C=O) groups excluding carboxylic acids is 1. The molecular weight excluding hydrogens is 261 g/mol. The van der Waals surface area contributed by atoms with Crippen molar-refractivity contribution < 1.29 is 19.1 Å². The first-order chi connectivity index (χ1) is 8.32. The SMILES string of the molecule is CC(CN(C)C(=O)c1cc(Cl)ccc1F)C(=O)O. The summed E-state index contributed by atoms with van der Waals surface area (Å²) in [7, 11) is 1.42. The second kappa shape index (κ2) is 5.82. The molecule has 1 atom stereocenters. The summed E-state index contributed by atoms with van der Waals surface area (Å²) in [5.41, 5.74) is -0.164. The Morgan fingerprint density at radius 1 is 1.50 bits per heavy atom. The van der Waals surface area contributed by atoms with Crippen LogP contribution in [-0.2, 0) is 4.79 Å².